The van der Waals surface area contributed by atoms with Crippen LogP contribution in [-0.4, -0.2) is 45.5 Å². The van der Waals surface area contributed by atoms with E-state index in [2.05, 4.69) is 5.32 Å². The lowest BCUT2D eigenvalue weighted by Crippen LogP contribution is -2.12. The Hall–Kier alpha value is -1.70. The first-order chi connectivity index (χ1) is 10.2. The minimum absolute atomic E-state index is 0.0587. The first-order valence-corrected chi connectivity index (χ1v) is 6.80. The van der Waals surface area contributed by atoms with E-state index < -0.39 is 4.92 Å². The van der Waals surface area contributed by atoms with Crippen molar-refractivity contribution in [3.63, 3.8) is 0 Å². The summed E-state index contributed by atoms with van der Waals surface area (Å²) in [5, 5.41) is 13.7. The average Bonchev–Trinajstić information content (AvgIpc) is 2.47. The zero-order valence-electron chi connectivity index (χ0n) is 12.5. The molecule has 0 bridgehead atoms. The summed E-state index contributed by atoms with van der Waals surface area (Å²) in [6, 6.07) is 4.58. The van der Waals surface area contributed by atoms with Crippen LogP contribution in [0.2, 0.25) is 0 Å². The van der Waals surface area contributed by atoms with Crippen molar-refractivity contribution in [2.24, 2.45) is 0 Å². The number of ether oxygens (including phenoxy) is 3. The normalized spacial score (nSPS) is 10.6. The van der Waals surface area contributed by atoms with Gasteiger partial charge in [0.2, 0.25) is 0 Å². The van der Waals surface area contributed by atoms with Crippen LogP contribution in [0.3, 0.4) is 0 Å². The Balaban J connectivity index is 2.44. The molecule has 21 heavy (non-hydrogen) atoms. The van der Waals surface area contributed by atoms with Gasteiger partial charge in [0.05, 0.1) is 11.5 Å². The Morgan fingerprint density at radius 2 is 2.05 bits per heavy atom. The van der Waals surface area contributed by atoms with Crippen LogP contribution in [0.15, 0.2) is 18.2 Å². The Morgan fingerprint density at radius 1 is 1.24 bits per heavy atom. The zero-order chi connectivity index (χ0) is 15.5. The van der Waals surface area contributed by atoms with Gasteiger partial charge in [0.25, 0.3) is 5.69 Å². The molecule has 7 heteroatoms. The van der Waals surface area contributed by atoms with E-state index in [1.54, 1.807) is 20.2 Å². The van der Waals surface area contributed by atoms with Crippen molar-refractivity contribution in [2.45, 2.75) is 13.0 Å². The summed E-state index contributed by atoms with van der Waals surface area (Å²) in [4.78, 5) is 10.4. The number of nitro groups is 1. The lowest BCUT2D eigenvalue weighted by molar-refractivity contribution is -0.384. The van der Waals surface area contributed by atoms with Gasteiger partial charge < -0.3 is 19.5 Å². The van der Waals surface area contributed by atoms with Crippen molar-refractivity contribution in [2.75, 3.05) is 40.6 Å². The molecule has 0 saturated heterocycles. The van der Waals surface area contributed by atoms with Crippen LogP contribution in [-0.2, 0) is 16.0 Å². The number of benzene rings is 1. The highest BCUT2D eigenvalue weighted by atomic mass is 16.6. The first kappa shape index (κ1) is 17.4. The van der Waals surface area contributed by atoms with Crippen molar-refractivity contribution in [1.29, 1.82) is 0 Å². The largest absolute Gasteiger partial charge is 0.491 e. The van der Waals surface area contributed by atoms with Gasteiger partial charge in [0.1, 0.15) is 12.4 Å². The molecule has 0 heterocycles. The Morgan fingerprint density at radius 3 is 2.71 bits per heavy atom. The van der Waals surface area contributed by atoms with Gasteiger partial charge in [-0.05, 0) is 19.5 Å². The molecule has 0 atom stereocenters. The SMILES string of the molecule is CNCc1cc([N+](=O)[O-])ccc1OCCOCCCOC. The van der Waals surface area contributed by atoms with E-state index in [-0.39, 0.29) is 5.69 Å². The Kier molecular flexibility index (Phi) is 8.34. The third-order valence-electron chi connectivity index (χ3n) is 2.74. The van der Waals surface area contributed by atoms with E-state index in [4.69, 9.17) is 14.2 Å². The second-order valence-electron chi connectivity index (χ2n) is 4.39. The number of rotatable bonds is 11. The first-order valence-electron chi connectivity index (χ1n) is 6.80. The number of hydrogen-bond donors (Lipinski definition) is 1. The second-order valence-corrected chi connectivity index (χ2v) is 4.39. The number of hydrogen-bond acceptors (Lipinski definition) is 6. The van der Waals surface area contributed by atoms with Crippen molar-refractivity contribution in [3.05, 3.63) is 33.9 Å². The highest BCUT2D eigenvalue weighted by molar-refractivity contribution is 5.43. The number of non-ortho nitro benzene ring substituents is 1. The van der Waals surface area contributed by atoms with Crippen LogP contribution >= 0.6 is 0 Å². The zero-order valence-corrected chi connectivity index (χ0v) is 12.5. The van der Waals surface area contributed by atoms with Gasteiger partial charge in [-0.2, -0.15) is 0 Å². The number of methoxy groups -OCH3 is 1. The van der Waals surface area contributed by atoms with Gasteiger partial charge in [-0.15, -0.1) is 0 Å². The van der Waals surface area contributed by atoms with Crippen molar-refractivity contribution >= 4 is 5.69 Å². The molecule has 1 rings (SSSR count). The maximum atomic E-state index is 10.8. The summed E-state index contributed by atoms with van der Waals surface area (Å²) in [6.07, 6.45) is 0.846. The lowest BCUT2D eigenvalue weighted by atomic mass is 10.2. The molecule has 0 aliphatic rings. The van der Waals surface area contributed by atoms with Gasteiger partial charge >= 0.3 is 0 Å². The molecule has 0 aliphatic carbocycles. The lowest BCUT2D eigenvalue weighted by Gasteiger charge is -2.11. The van der Waals surface area contributed by atoms with Gasteiger partial charge in [0, 0.05) is 44.6 Å². The number of nitro benzene ring substituents is 1. The predicted octanol–water partition coefficient (Wildman–Crippen LogP) is 1.75. The van der Waals surface area contributed by atoms with E-state index in [9.17, 15) is 10.1 Å². The van der Waals surface area contributed by atoms with Crippen LogP contribution in [0, 0.1) is 10.1 Å². The van der Waals surface area contributed by atoms with Crippen molar-refractivity contribution < 1.29 is 19.1 Å². The topological polar surface area (TPSA) is 82.9 Å². The van der Waals surface area contributed by atoms with Gasteiger partial charge in [-0.3, -0.25) is 10.1 Å². The average molecular weight is 298 g/mol. The maximum absolute atomic E-state index is 10.8. The molecule has 0 spiro atoms. The molecule has 0 unspecified atom stereocenters. The van der Waals surface area contributed by atoms with E-state index in [0.717, 1.165) is 12.0 Å². The van der Waals surface area contributed by atoms with Crippen LogP contribution in [0.4, 0.5) is 5.69 Å². The molecule has 0 fully saturated rings. The molecule has 1 N–H and O–H groups in total. The minimum atomic E-state index is -0.415. The molecule has 0 aromatic heterocycles. The summed E-state index contributed by atoms with van der Waals surface area (Å²) in [5.74, 6) is 0.635. The molecular formula is C14H22N2O5. The fourth-order valence-electron chi connectivity index (χ4n) is 1.77. The van der Waals surface area contributed by atoms with E-state index >= 15 is 0 Å². The monoisotopic (exact) mass is 298 g/mol. The highest BCUT2D eigenvalue weighted by Gasteiger charge is 2.11. The van der Waals surface area contributed by atoms with Crippen molar-refractivity contribution in [1.82, 2.24) is 5.32 Å². The summed E-state index contributed by atoms with van der Waals surface area (Å²) < 4.78 is 15.9. The summed E-state index contributed by atoms with van der Waals surface area (Å²) in [5.41, 5.74) is 0.814. The predicted molar refractivity (Wildman–Crippen MR) is 78.7 cm³/mol. The number of nitrogens with one attached hydrogen (secondary N) is 1. The molecular weight excluding hydrogens is 276 g/mol. The molecule has 0 radical (unpaired) electrons. The van der Waals surface area contributed by atoms with E-state index in [1.165, 1.54) is 12.1 Å². The Labute approximate surface area is 124 Å². The molecule has 1 aromatic carbocycles. The maximum Gasteiger partial charge on any atom is 0.270 e. The Bertz CT molecular complexity index is 439. The minimum Gasteiger partial charge on any atom is -0.491 e. The standard InChI is InChI=1S/C14H22N2O5/c1-15-11-12-10-13(16(17)18)4-5-14(12)21-9-8-20-7-3-6-19-2/h4-5,10,15H,3,6-9,11H2,1-2H3. The van der Waals surface area contributed by atoms with E-state index in [1.807, 2.05) is 0 Å². The molecule has 0 saturated carbocycles. The van der Waals surface area contributed by atoms with Crippen LogP contribution in [0.25, 0.3) is 0 Å². The van der Waals surface area contributed by atoms with Gasteiger partial charge in [0.15, 0.2) is 0 Å². The smallest absolute Gasteiger partial charge is 0.270 e. The van der Waals surface area contributed by atoms with Crippen LogP contribution < -0.4 is 10.1 Å². The molecule has 1 aromatic rings. The molecule has 0 amide bonds. The summed E-state index contributed by atoms with van der Waals surface area (Å²) in [6.45, 7) is 2.68. The number of nitrogens with zero attached hydrogens (tertiary/aromatic N) is 1. The van der Waals surface area contributed by atoms with Crippen LogP contribution in [0.1, 0.15) is 12.0 Å². The van der Waals surface area contributed by atoms with Gasteiger partial charge in [-0.25, -0.2) is 0 Å². The fourth-order valence-corrected chi connectivity index (χ4v) is 1.77. The van der Waals surface area contributed by atoms with Gasteiger partial charge in [-0.1, -0.05) is 0 Å². The molecule has 118 valence electrons. The second kappa shape index (κ2) is 10.1. The third-order valence-corrected chi connectivity index (χ3v) is 2.74. The van der Waals surface area contributed by atoms with Crippen molar-refractivity contribution in [3.8, 4) is 5.75 Å². The third kappa shape index (κ3) is 6.52. The highest BCUT2D eigenvalue weighted by Crippen LogP contribution is 2.24. The summed E-state index contributed by atoms with van der Waals surface area (Å²) in [7, 11) is 3.43. The quantitative estimate of drug-likeness (QED) is 0.381. The van der Waals surface area contributed by atoms with E-state index in [0.29, 0.717) is 38.7 Å². The fraction of sp³-hybridized carbons (Fsp3) is 0.571. The summed E-state index contributed by atoms with van der Waals surface area (Å²) >= 11 is 0. The molecule has 7 nitrogen and oxygen atoms in total. The van der Waals surface area contributed by atoms with Crippen LogP contribution in [0.5, 0.6) is 5.75 Å². The molecule has 0 aliphatic heterocycles.